The molecule has 0 bridgehead atoms. The molecule has 0 aromatic rings. The van der Waals surface area contributed by atoms with Gasteiger partial charge < -0.3 is 24.1 Å². The molecule has 2 heterocycles. The van der Waals surface area contributed by atoms with Crippen molar-refractivity contribution >= 4 is 11.9 Å². The monoisotopic (exact) mass is 380 g/mol. The Hall–Kier alpha value is -1.70. The van der Waals surface area contributed by atoms with E-state index >= 15 is 0 Å². The van der Waals surface area contributed by atoms with Crippen molar-refractivity contribution in [3.8, 4) is 0 Å². The smallest absolute Gasteiger partial charge is 0.334 e. The van der Waals surface area contributed by atoms with E-state index in [1.807, 2.05) is 6.92 Å². The fourth-order valence-electron chi connectivity index (χ4n) is 3.94. The minimum atomic E-state index is -0.673. The number of rotatable bonds is 4. The molecule has 0 unspecified atom stereocenters. The highest BCUT2D eigenvalue weighted by molar-refractivity contribution is 5.91. The number of aliphatic hydroxyl groups excluding tert-OH is 1. The molecule has 2 fully saturated rings. The molecule has 0 saturated carbocycles. The first-order valence-electron chi connectivity index (χ1n) is 9.32. The molecule has 7 nitrogen and oxygen atoms in total. The molecule has 3 aliphatic rings. The number of methoxy groups -OCH3 is 1. The van der Waals surface area contributed by atoms with Crippen LogP contribution in [0.1, 0.15) is 33.6 Å². The molecular formula is C20H28O7. The van der Waals surface area contributed by atoms with Gasteiger partial charge in [-0.3, -0.25) is 4.79 Å². The van der Waals surface area contributed by atoms with E-state index < -0.39 is 29.7 Å². The standard InChI is InChI=1S/C20H28O7/c1-10(2)18(22)26-15-8-20(4)16(27-20)7-13(24-5)12(9-21)6-14-17(15)11(3)19(23)25-14/h6,10,13-17,21H,3,7-9H2,1-2,4-5H3/b12-6-/t13-,14+,15+,16-,17-,20-/m0/s1. The van der Waals surface area contributed by atoms with Crippen LogP contribution in [0.15, 0.2) is 23.8 Å². The van der Waals surface area contributed by atoms with E-state index in [0.717, 1.165) is 0 Å². The molecule has 0 amide bonds. The lowest BCUT2D eigenvalue weighted by molar-refractivity contribution is -0.157. The number of esters is 2. The van der Waals surface area contributed by atoms with Crippen LogP contribution in [0.5, 0.6) is 0 Å². The van der Waals surface area contributed by atoms with Crippen LogP contribution in [0.3, 0.4) is 0 Å². The van der Waals surface area contributed by atoms with Crippen molar-refractivity contribution in [3.05, 3.63) is 23.8 Å². The molecule has 0 aromatic carbocycles. The third-order valence-electron chi connectivity index (χ3n) is 5.73. The number of carbonyl (C=O) groups excluding carboxylic acids is 2. The third kappa shape index (κ3) is 3.81. The van der Waals surface area contributed by atoms with E-state index in [2.05, 4.69) is 6.58 Å². The van der Waals surface area contributed by atoms with E-state index in [1.165, 1.54) is 0 Å². The molecule has 27 heavy (non-hydrogen) atoms. The molecule has 0 radical (unpaired) electrons. The molecule has 7 heteroatoms. The van der Waals surface area contributed by atoms with E-state index in [-0.39, 0.29) is 36.3 Å². The van der Waals surface area contributed by atoms with Crippen LogP contribution in [-0.4, -0.2) is 60.8 Å². The van der Waals surface area contributed by atoms with E-state index in [4.69, 9.17) is 18.9 Å². The van der Waals surface area contributed by atoms with Crippen molar-refractivity contribution in [2.45, 2.75) is 63.6 Å². The number of hydrogen-bond acceptors (Lipinski definition) is 7. The second-order valence-electron chi connectivity index (χ2n) is 8.03. The highest BCUT2D eigenvalue weighted by Gasteiger charge is 2.58. The molecule has 2 aliphatic heterocycles. The Kier molecular flexibility index (Phi) is 5.47. The molecular weight excluding hydrogens is 352 g/mol. The quantitative estimate of drug-likeness (QED) is 0.342. The van der Waals surface area contributed by atoms with E-state index in [0.29, 0.717) is 18.4 Å². The summed E-state index contributed by atoms with van der Waals surface area (Å²) in [7, 11) is 1.57. The van der Waals surface area contributed by atoms with Crippen molar-refractivity contribution in [3.63, 3.8) is 0 Å². The van der Waals surface area contributed by atoms with Gasteiger partial charge in [-0.25, -0.2) is 4.79 Å². The fraction of sp³-hybridized carbons (Fsp3) is 0.700. The lowest BCUT2D eigenvalue weighted by atomic mass is 9.82. The Morgan fingerprint density at radius 1 is 1.48 bits per heavy atom. The second-order valence-corrected chi connectivity index (χ2v) is 8.03. The van der Waals surface area contributed by atoms with Crippen LogP contribution < -0.4 is 0 Å². The van der Waals surface area contributed by atoms with Crippen molar-refractivity contribution in [1.29, 1.82) is 0 Å². The number of carbonyl (C=O) groups is 2. The molecule has 6 atom stereocenters. The molecule has 2 saturated heterocycles. The predicted molar refractivity (Wildman–Crippen MR) is 95.7 cm³/mol. The number of aliphatic hydroxyl groups is 1. The minimum absolute atomic E-state index is 0.0829. The molecule has 3 rings (SSSR count). The largest absolute Gasteiger partial charge is 0.461 e. The molecule has 0 aromatic heterocycles. The second kappa shape index (κ2) is 7.37. The maximum absolute atomic E-state index is 12.3. The summed E-state index contributed by atoms with van der Waals surface area (Å²) in [6, 6.07) is 0. The van der Waals surface area contributed by atoms with Gasteiger partial charge in [0.2, 0.25) is 0 Å². The van der Waals surface area contributed by atoms with Gasteiger partial charge in [-0.05, 0) is 18.6 Å². The van der Waals surface area contributed by atoms with Gasteiger partial charge in [-0.2, -0.15) is 0 Å². The van der Waals surface area contributed by atoms with Crippen molar-refractivity contribution in [2.75, 3.05) is 13.7 Å². The van der Waals surface area contributed by atoms with Crippen LogP contribution in [0.4, 0.5) is 0 Å². The minimum Gasteiger partial charge on any atom is -0.461 e. The summed E-state index contributed by atoms with van der Waals surface area (Å²) in [6.45, 7) is 9.12. The molecule has 1 N–H and O–H groups in total. The van der Waals surface area contributed by atoms with Gasteiger partial charge in [0, 0.05) is 25.5 Å². The van der Waals surface area contributed by atoms with Crippen LogP contribution in [0, 0.1) is 11.8 Å². The van der Waals surface area contributed by atoms with E-state index in [9.17, 15) is 14.7 Å². The molecule has 1 aliphatic carbocycles. The summed E-state index contributed by atoms with van der Waals surface area (Å²) >= 11 is 0. The first-order chi connectivity index (χ1) is 12.7. The summed E-state index contributed by atoms with van der Waals surface area (Å²) < 4.78 is 22.7. The summed E-state index contributed by atoms with van der Waals surface area (Å²) in [5, 5.41) is 9.83. The number of epoxide rings is 1. The Balaban J connectivity index is 2.00. The Morgan fingerprint density at radius 2 is 2.19 bits per heavy atom. The highest BCUT2D eigenvalue weighted by Crippen LogP contribution is 2.48. The van der Waals surface area contributed by atoms with Crippen molar-refractivity contribution < 1.29 is 33.6 Å². The molecule has 150 valence electrons. The number of fused-ring (bicyclic) bond motifs is 2. The van der Waals surface area contributed by atoms with Crippen molar-refractivity contribution in [1.82, 2.24) is 0 Å². The Bertz CT molecular complexity index is 667. The van der Waals surface area contributed by atoms with Crippen LogP contribution in [0.25, 0.3) is 0 Å². The summed E-state index contributed by atoms with van der Waals surface area (Å²) in [5.74, 6) is -1.69. The van der Waals surface area contributed by atoms with Gasteiger partial charge >= 0.3 is 11.9 Å². The number of ether oxygens (including phenoxy) is 4. The Morgan fingerprint density at radius 3 is 2.78 bits per heavy atom. The van der Waals surface area contributed by atoms with Gasteiger partial charge in [-0.1, -0.05) is 20.4 Å². The maximum atomic E-state index is 12.3. The highest BCUT2D eigenvalue weighted by atomic mass is 16.6. The SMILES string of the molecule is C=C1C(=O)O[C@@H]2/C=C(/CO)[C@@H](OC)C[C@@H]3O[C@@]3(C)C[C@@H](OC(=O)C(C)C)[C@@H]12. The predicted octanol–water partition coefficient (Wildman–Crippen LogP) is 1.54. The van der Waals surface area contributed by atoms with Gasteiger partial charge in [0.15, 0.2) is 0 Å². The van der Waals surface area contributed by atoms with Crippen LogP contribution in [-0.2, 0) is 28.5 Å². The Labute approximate surface area is 159 Å². The first-order valence-corrected chi connectivity index (χ1v) is 9.32. The zero-order valence-electron chi connectivity index (χ0n) is 16.3. The van der Waals surface area contributed by atoms with Gasteiger partial charge in [0.1, 0.15) is 12.2 Å². The normalized spacial score (nSPS) is 40.5. The van der Waals surface area contributed by atoms with Gasteiger partial charge in [-0.15, -0.1) is 0 Å². The third-order valence-corrected chi connectivity index (χ3v) is 5.73. The van der Waals surface area contributed by atoms with Crippen LogP contribution in [0.2, 0.25) is 0 Å². The van der Waals surface area contributed by atoms with Gasteiger partial charge in [0.05, 0.1) is 36.3 Å². The fourth-order valence-corrected chi connectivity index (χ4v) is 3.94. The summed E-state index contributed by atoms with van der Waals surface area (Å²) in [5.41, 5.74) is 0.390. The lowest BCUT2D eigenvalue weighted by Gasteiger charge is -2.30. The van der Waals surface area contributed by atoms with Crippen molar-refractivity contribution in [2.24, 2.45) is 11.8 Å². The zero-order chi connectivity index (χ0) is 19.9. The average Bonchev–Trinajstić information content (AvgIpc) is 3.15. The van der Waals surface area contributed by atoms with E-state index in [1.54, 1.807) is 27.0 Å². The summed E-state index contributed by atoms with van der Waals surface area (Å²) in [4.78, 5) is 24.5. The molecule has 0 spiro atoms. The zero-order valence-corrected chi connectivity index (χ0v) is 16.3. The lowest BCUT2D eigenvalue weighted by Crippen LogP contribution is -2.39. The summed E-state index contributed by atoms with van der Waals surface area (Å²) in [6.07, 6.45) is 1.01. The van der Waals surface area contributed by atoms with Gasteiger partial charge in [0.25, 0.3) is 0 Å². The average molecular weight is 380 g/mol. The first kappa shape index (κ1) is 20.0. The van der Waals surface area contributed by atoms with Crippen LogP contribution >= 0.6 is 0 Å². The maximum Gasteiger partial charge on any atom is 0.334 e. The topological polar surface area (TPSA) is 94.6 Å². The number of hydrogen-bond donors (Lipinski definition) is 1.